The Bertz CT molecular complexity index is 569. The summed E-state index contributed by atoms with van der Waals surface area (Å²) in [6.07, 6.45) is 0. The number of halogens is 1. The number of rotatable bonds is 3. The van der Waals surface area contributed by atoms with Gasteiger partial charge in [-0.1, -0.05) is 29.8 Å². The summed E-state index contributed by atoms with van der Waals surface area (Å²) in [6, 6.07) is 14.7. The van der Waals surface area contributed by atoms with Gasteiger partial charge < -0.3 is 10.6 Å². The summed E-state index contributed by atoms with van der Waals surface area (Å²) in [5.74, 6) is -0.125. The summed E-state index contributed by atoms with van der Waals surface area (Å²) < 4.78 is 0. The van der Waals surface area contributed by atoms with Crippen LogP contribution in [0.5, 0.6) is 0 Å². The van der Waals surface area contributed by atoms with Gasteiger partial charge in [0.1, 0.15) is 0 Å². The van der Waals surface area contributed by atoms with E-state index >= 15 is 0 Å². The highest BCUT2D eigenvalue weighted by molar-refractivity contribution is 6.30. The highest BCUT2D eigenvalue weighted by Gasteiger charge is 2.08. The molecule has 0 unspecified atom stereocenters. The van der Waals surface area contributed by atoms with Crippen LogP contribution in [0.1, 0.15) is 10.4 Å². The fraction of sp³-hybridized carbons (Fsp3) is 0.0714. The number of amides is 1. The molecule has 4 heteroatoms. The first-order valence-electron chi connectivity index (χ1n) is 5.54. The van der Waals surface area contributed by atoms with Gasteiger partial charge in [0.25, 0.3) is 5.91 Å². The average Bonchev–Trinajstić information content (AvgIpc) is 2.38. The van der Waals surface area contributed by atoms with Gasteiger partial charge in [-0.15, -0.1) is 0 Å². The van der Waals surface area contributed by atoms with Crippen LogP contribution < -0.4 is 10.6 Å². The summed E-state index contributed by atoms with van der Waals surface area (Å²) in [4.78, 5) is 11.7. The number of benzene rings is 2. The molecule has 92 valence electrons. The second-order valence-corrected chi connectivity index (χ2v) is 4.20. The van der Waals surface area contributed by atoms with E-state index in [1.807, 2.05) is 36.4 Å². The Morgan fingerprint density at radius 2 is 1.89 bits per heavy atom. The molecule has 2 aromatic carbocycles. The van der Waals surface area contributed by atoms with Crippen LogP contribution in [0.25, 0.3) is 0 Å². The molecule has 0 spiro atoms. The highest BCUT2D eigenvalue weighted by atomic mass is 35.5. The maximum atomic E-state index is 11.7. The summed E-state index contributed by atoms with van der Waals surface area (Å²) in [5, 5.41) is 6.45. The first-order valence-corrected chi connectivity index (χ1v) is 5.92. The second kappa shape index (κ2) is 5.56. The van der Waals surface area contributed by atoms with Crippen molar-refractivity contribution in [3.8, 4) is 0 Å². The molecule has 2 rings (SSSR count). The van der Waals surface area contributed by atoms with E-state index in [0.29, 0.717) is 10.6 Å². The molecule has 0 radical (unpaired) electrons. The normalized spacial score (nSPS) is 9.89. The third-order valence-corrected chi connectivity index (χ3v) is 2.74. The molecule has 0 fully saturated rings. The molecule has 2 aromatic rings. The Morgan fingerprint density at radius 3 is 2.61 bits per heavy atom. The number of carbonyl (C=O) groups excluding carboxylic acids is 1. The maximum Gasteiger partial charge on any atom is 0.253 e. The molecule has 3 nitrogen and oxygen atoms in total. The standard InChI is InChI=1S/C14H13ClN2O/c1-16-14(18)12-7-2-3-8-13(12)17-11-6-4-5-10(15)9-11/h2-9,17H,1H3,(H,16,18). The van der Waals surface area contributed by atoms with Gasteiger partial charge in [-0.2, -0.15) is 0 Å². The second-order valence-electron chi connectivity index (χ2n) is 3.76. The Morgan fingerprint density at radius 1 is 1.11 bits per heavy atom. The zero-order chi connectivity index (χ0) is 13.0. The Kier molecular flexibility index (Phi) is 3.85. The molecular weight excluding hydrogens is 248 g/mol. The van der Waals surface area contributed by atoms with Crippen molar-refractivity contribution in [2.24, 2.45) is 0 Å². The van der Waals surface area contributed by atoms with E-state index in [0.717, 1.165) is 11.4 Å². The van der Waals surface area contributed by atoms with Crippen molar-refractivity contribution in [3.05, 3.63) is 59.1 Å². The van der Waals surface area contributed by atoms with Crippen molar-refractivity contribution in [3.63, 3.8) is 0 Å². The molecule has 0 saturated carbocycles. The lowest BCUT2D eigenvalue weighted by atomic mass is 10.1. The van der Waals surface area contributed by atoms with Crippen LogP contribution in [0.4, 0.5) is 11.4 Å². The van der Waals surface area contributed by atoms with Crippen molar-refractivity contribution in [1.29, 1.82) is 0 Å². The lowest BCUT2D eigenvalue weighted by molar-refractivity contribution is 0.0964. The van der Waals surface area contributed by atoms with Gasteiger partial charge in [0, 0.05) is 17.8 Å². The van der Waals surface area contributed by atoms with E-state index in [1.54, 1.807) is 19.2 Å². The number of nitrogens with one attached hydrogen (secondary N) is 2. The smallest absolute Gasteiger partial charge is 0.253 e. The zero-order valence-corrected chi connectivity index (χ0v) is 10.7. The summed E-state index contributed by atoms with van der Waals surface area (Å²) in [5.41, 5.74) is 2.19. The Balaban J connectivity index is 2.32. The molecule has 0 bridgehead atoms. The molecule has 0 atom stereocenters. The highest BCUT2D eigenvalue weighted by Crippen LogP contribution is 2.22. The SMILES string of the molecule is CNC(=O)c1ccccc1Nc1cccc(Cl)c1. The molecule has 0 aliphatic rings. The number of hydrogen-bond donors (Lipinski definition) is 2. The molecule has 0 aliphatic carbocycles. The molecule has 18 heavy (non-hydrogen) atoms. The summed E-state index contributed by atoms with van der Waals surface area (Å²) >= 11 is 5.92. The van der Waals surface area contributed by atoms with Crippen molar-refractivity contribution in [1.82, 2.24) is 5.32 Å². The third kappa shape index (κ3) is 2.81. The Hall–Kier alpha value is -2.00. The number of hydrogen-bond acceptors (Lipinski definition) is 2. The number of carbonyl (C=O) groups is 1. The largest absolute Gasteiger partial charge is 0.355 e. The van der Waals surface area contributed by atoms with Crippen LogP contribution in [0.3, 0.4) is 0 Å². The Labute approximate surface area is 111 Å². The van der Waals surface area contributed by atoms with Gasteiger partial charge in [0.2, 0.25) is 0 Å². The minimum Gasteiger partial charge on any atom is -0.355 e. The zero-order valence-electron chi connectivity index (χ0n) is 9.91. The summed E-state index contributed by atoms with van der Waals surface area (Å²) in [6.45, 7) is 0. The van der Waals surface area contributed by atoms with Crippen LogP contribution in [0, 0.1) is 0 Å². The molecule has 0 aromatic heterocycles. The fourth-order valence-electron chi connectivity index (χ4n) is 1.65. The minimum atomic E-state index is -0.125. The van der Waals surface area contributed by atoms with Crippen LogP contribution in [0.15, 0.2) is 48.5 Å². The van der Waals surface area contributed by atoms with Gasteiger partial charge in [-0.05, 0) is 30.3 Å². The molecule has 0 aliphatic heterocycles. The van der Waals surface area contributed by atoms with Gasteiger partial charge in [0.05, 0.1) is 11.3 Å². The molecule has 2 N–H and O–H groups in total. The van der Waals surface area contributed by atoms with Crippen LogP contribution in [-0.4, -0.2) is 13.0 Å². The van der Waals surface area contributed by atoms with Gasteiger partial charge in [-0.25, -0.2) is 0 Å². The van der Waals surface area contributed by atoms with E-state index < -0.39 is 0 Å². The van der Waals surface area contributed by atoms with E-state index in [-0.39, 0.29) is 5.91 Å². The van der Waals surface area contributed by atoms with Crippen molar-refractivity contribution in [2.75, 3.05) is 12.4 Å². The first-order chi connectivity index (χ1) is 8.70. The van der Waals surface area contributed by atoms with Crippen LogP contribution >= 0.6 is 11.6 Å². The van der Waals surface area contributed by atoms with Gasteiger partial charge in [0.15, 0.2) is 0 Å². The molecule has 1 amide bonds. The monoisotopic (exact) mass is 260 g/mol. The van der Waals surface area contributed by atoms with Crippen LogP contribution in [-0.2, 0) is 0 Å². The van der Waals surface area contributed by atoms with E-state index in [1.165, 1.54) is 0 Å². The van der Waals surface area contributed by atoms with Gasteiger partial charge >= 0.3 is 0 Å². The predicted molar refractivity (Wildman–Crippen MR) is 74.6 cm³/mol. The topological polar surface area (TPSA) is 41.1 Å². The molecular formula is C14H13ClN2O. The van der Waals surface area contributed by atoms with E-state index in [2.05, 4.69) is 10.6 Å². The quantitative estimate of drug-likeness (QED) is 0.888. The van der Waals surface area contributed by atoms with E-state index in [9.17, 15) is 4.79 Å². The van der Waals surface area contributed by atoms with Crippen molar-refractivity contribution >= 4 is 28.9 Å². The molecule has 0 heterocycles. The fourth-order valence-corrected chi connectivity index (χ4v) is 1.84. The lowest BCUT2D eigenvalue weighted by Crippen LogP contribution is -2.19. The van der Waals surface area contributed by atoms with Crippen molar-refractivity contribution < 1.29 is 4.79 Å². The van der Waals surface area contributed by atoms with Gasteiger partial charge in [-0.3, -0.25) is 4.79 Å². The minimum absolute atomic E-state index is 0.125. The summed E-state index contributed by atoms with van der Waals surface area (Å²) in [7, 11) is 1.61. The van der Waals surface area contributed by atoms with E-state index in [4.69, 9.17) is 11.6 Å². The molecule has 0 saturated heterocycles. The predicted octanol–water partition coefficient (Wildman–Crippen LogP) is 3.44. The lowest BCUT2D eigenvalue weighted by Gasteiger charge is -2.11. The average molecular weight is 261 g/mol. The van der Waals surface area contributed by atoms with Crippen molar-refractivity contribution in [2.45, 2.75) is 0 Å². The number of para-hydroxylation sites is 1. The van der Waals surface area contributed by atoms with Crippen LogP contribution in [0.2, 0.25) is 5.02 Å². The number of anilines is 2. The third-order valence-electron chi connectivity index (χ3n) is 2.50. The maximum absolute atomic E-state index is 11.7. The first kappa shape index (κ1) is 12.5.